The zero-order chi connectivity index (χ0) is 16.8. The van der Waals surface area contributed by atoms with Gasteiger partial charge in [-0.05, 0) is 44.8 Å². The maximum Gasteiger partial charge on any atom is 0.134 e. The zero-order valence-corrected chi connectivity index (χ0v) is 15.2. The number of fused-ring (bicyclic) bond motifs is 1. The molecule has 0 saturated heterocycles. The lowest BCUT2D eigenvalue weighted by atomic mass is 10.1. The van der Waals surface area contributed by atoms with Crippen LogP contribution in [0, 0.1) is 6.92 Å². The van der Waals surface area contributed by atoms with Gasteiger partial charge in [0.15, 0.2) is 0 Å². The molecule has 0 bridgehead atoms. The fourth-order valence-electron chi connectivity index (χ4n) is 2.97. The molecular formula is C19H30N2O2. The normalized spacial score (nSPS) is 11.8. The van der Waals surface area contributed by atoms with Crippen LogP contribution in [-0.4, -0.2) is 49.6 Å². The fourth-order valence-corrected chi connectivity index (χ4v) is 2.97. The molecule has 0 saturated carbocycles. The van der Waals surface area contributed by atoms with E-state index in [2.05, 4.69) is 43.6 Å². The van der Waals surface area contributed by atoms with E-state index in [4.69, 9.17) is 9.15 Å². The van der Waals surface area contributed by atoms with Gasteiger partial charge in [-0.3, -0.25) is 4.90 Å². The molecule has 2 rings (SSSR count). The van der Waals surface area contributed by atoms with Crippen LogP contribution in [0.25, 0.3) is 11.0 Å². The maximum absolute atomic E-state index is 5.92. The van der Waals surface area contributed by atoms with E-state index in [1.807, 2.05) is 12.1 Å². The molecule has 0 spiro atoms. The van der Waals surface area contributed by atoms with Gasteiger partial charge in [0.05, 0.1) is 7.11 Å². The van der Waals surface area contributed by atoms with Crippen LogP contribution < -0.4 is 4.74 Å². The Morgan fingerprint density at radius 2 is 1.65 bits per heavy atom. The van der Waals surface area contributed by atoms with Crippen LogP contribution in [0.2, 0.25) is 0 Å². The highest BCUT2D eigenvalue weighted by molar-refractivity contribution is 5.83. The Balaban J connectivity index is 2.16. The van der Waals surface area contributed by atoms with Gasteiger partial charge >= 0.3 is 0 Å². The van der Waals surface area contributed by atoms with E-state index in [1.165, 1.54) is 10.9 Å². The summed E-state index contributed by atoms with van der Waals surface area (Å²) in [6.45, 7) is 15.1. The first-order valence-electron chi connectivity index (χ1n) is 8.63. The van der Waals surface area contributed by atoms with Crippen molar-refractivity contribution in [2.75, 3.05) is 39.8 Å². The molecule has 1 aromatic heterocycles. The molecule has 0 aliphatic carbocycles. The van der Waals surface area contributed by atoms with Crippen LogP contribution in [0.1, 0.15) is 32.1 Å². The third-order valence-corrected chi connectivity index (χ3v) is 4.66. The highest BCUT2D eigenvalue weighted by Crippen LogP contribution is 2.29. The average Bonchev–Trinajstić information content (AvgIpc) is 2.89. The van der Waals surface area contributed by atoms with Crippen molar-refractivity contribution in [1.82, 2.24) is 9.80 Å². The van der Waals surface area contributed by atoms with E-state index in [0.717, 1.165) is 56.4 Å². The third kappa shape index (κ3) is 4.27. The third-order valence-electron chi connectivity index (χ3n) is 4.66. The first kappa shape index (κ1) is 17.8. The quantitative estimate of drug-likeness (QED) is 0.701. The van der Waals surface area contributed by atoms with Gasteiger partial charge < -0.3 is 14.1 Å². The van der Waals surface area contributed by atoms with Crippen LogP contribution in [0.4, 0.5) is 0 Å². The Hall–Kier alpha value is -1.52. The number of benzene rings is 1. The minimum atomic E-state index is 0.880. The van der Waals surface area contributed by atoms with Crippen molar-refractivity contribution in [3.63, 3.8) is 0 Å². The molecule has 0 aliphatic heterocycles. The van der Waals surface area contributed by atoms with E-state index >= 15 is 0 Å². The summed E-state index contributed by atoms with van der Waals surface area (Å²) in [7, 11) is 1.70. The molecule has 0 N–H and O–H groups in total. The molecule has 4 heteroatoms. The van der Waals surface area contributed by atoms with E-state index in [0.29, 0.717) is 0 Å². The van der Waals surface area contributed by atoms with Crippen molar-refractivity contribution < 1.29 is 9.15 Å². The van der Waals surface area contributed by atoms with Gasteiger partial charge in [0.1, 0.15) is 17.1 Å². The van der Waals surface area contributed by atoms with Crippen molar-refractivity contribution in [3.8, 4) is 5.75 Å². The van der Waals surface area contributed by atoms with Gasteiger partial charge in [0.25, 0.3) is 0 Å². The minimum absolute atomic E-state index is 0.880. The average molecular weight is 318 g/mol. The fraction of sp³-hybridized carbons (Fsp3) is 0.579. The largest absolute Gasteiger partial charge is 0.497 e. The summed E-state index contributed by atoms with van der Waals surface area (Å²) in [5.41, 5.74) is 2.22. The van der Waals surface area contributed by atoms with Gasteiger partial charge in [0, 0.05) is 30.6 Å². The molecule has 0 atom stereocenters. The summed E-state index contributed by atoms with van der Waals surface area (Å²) < 4.78 is 11.3. The lowest BCUT2D eigenvalue weighted by Crippen LogP contribution is -2.34. The lowest BCUT2D eigenvalue weighted by molar-refractivity contribution is 0.215. The first-order chi connectivity index (χ1) is 11.1. The summed E-state index contributed by atoms with van der Waals surface area (Å²) in [5, 5.41) is 1.17. The van der Waals surface area contributed by atoms with Gasteiger partial charge in [0.2, 0.25) is 0 Å². The number of aryl methyl sites for hydroxylation is 1. The number of likely N-dealkylation sites (N-methyl/N-ethyl adjacent to an activating group) is 2. The van der Waals surface area contributed by atoms with E-state index in [-0.39, 0.29) is 0 Å². The molecule has 1 aromatic carbocycles. The molecule has 0 fully saturated rings. The van der Waals surface area contributed by atoms with Gasteiger partial charge in [-0.2, -0.15) is 0 Å². The van der Waals surface area contributed by atoms with Crippen LogP contribution in [0.15, 0.2) is 22.6 Å². The smallest absolute Gasteiger partial charge is 0.134 e. The number of methoxy groups -OCH3 is 1. The van der Waals surface area contributed by atoms with Gasteiger partial charge in [-0.1, -0.05) is 20.8 Å². The van der Waals surface area contributed by atoms with Crippen LogP contribution in [0.5, 0.6) is 5.75 Å². The molecule has 0 unspecified atom stereocenters. The number of hydrogen-bond acceptors (Lipinski definition) is 4. The van der Waals surface area contributed by atoms with Crippen LogP contribution >= 0.6 is 0 Å². The number of nitrogens with zero attached hydrogens (tertiary/aromatic N) is 2. The Morgan fingerprint density at radius 3 is 2.26 bits per heavy atom. The second kappa shape index (κ2) is 8.37. The topological polar surface area (TPSA) is 28.9 Å². The molecule has 0 radical (unpaired) electrons. The monoisotopic (exact) mass is 318 g/mol. The zero-order valence-electron chi connectivity index (χ0n) is 15.2. The van der Waals surface area contributed by atoms with E-state index < -0.39 is 0 Å². The van der Waals surface area contributed by atoms with Gasteiger partial charge in [-0.25, -0.2) is 0 Å². The number of ether oxygens (including phenoxy) is 1. The molecular weight excluding hydrogens is 288 g/mol. The van der Waals surface area contributed by atoms with E-state index in [9.17, 15) is 0 Å². The summed E-state index contributed by atoms with van der Waals surface area (Å²) in [4.78, 5) is 4.95. The maximum atomic E-state index is 5.92. The highest BCUT2D eigenvalue weighted by Gasteiger charge is 2.15. The number of rotatable bonds is 9. The molecule has 23 heavy (non-hydrogen) atoms. The Kier molecular flexibility index (Phi) is 6.48. The molecule has 4 nitrogen and oxygen atoms in total. The second-order valence-electron chi connectivity index (χ2n) is 5.89. The van der Waals surface area contributed by atoms with Crippen molar-refractivity contribution in [3.05, 3.63) is 29.5 Å². The van der Waals surface area contributed by atoms with Crippen molar-refractivity contribution in [2.45, 2.75) is 34.2 Å². The SMILES string of the molecule is CCN(CC)CCN(CC)Cc1c(C)oc2ccc(OC)cc12. The van der Waals surface area contributed by atoms with Crippen LogP contribution in [0.3, 0.4) is 0 Å². The van der Waals surface area contributed by atoms with Crippen LogP contribution in [-0.2, 0) is 6.54 Å². The summed E-state index contributed by atoms with van der Waals surface area (Å²) in [6, 6.07) is 6.03. The Bertz CT molecular complexity index is 617. The van der Waals surface area contributed by atoms with Crippen molar-refractivity contribution in [1.29, 1.82) is 0 Å². The number of hydrogen-bond donors (Lipinski definition) is 0. The standard InChI is InChI=1S/C19H30N2O2/c1-6-20(7-2)11-12-21(8-3)14-18-15(4)23-19-10-9-16(22-5)13-17(18)19/h9-10,13H,6-8,11-12,14H2,1-5H3. The summed E-state index contributed by atoms with van der Waals surface area (Å²) >= 11 is 0. The van der Waals surface area contributed by atoms with Crippen molar-refractivity contribution in [2.24, 2.45) is 0 Å². The second-order valence-corrected chi connectivity index (χ2v) is 5.89. The molecule has 0 aliphatic rings. The first-order valence-corrected chi connectivity index (χ1v) is 8.63. The molecule has 1 heterocycles. The molecule has 0 amide bonds. The Labute approximate surface area is 140 Å². The predicted octanol–water partition coefficient (Wildman–Crippen LogP) is 3.91. The molecule has 128 valence electrons. The summed E-state index contributed by atoms with van der Waals surface area (Å²) in [5.74, 6) is 1.89. The minimum Gasteiger partial charge on any atom is -0.497 e. The Morgan fingerprint density at radius 1 is 1.00 bits per heavy atom. The van der Waals surface area contributed by atoms with E-state index in [1.54, 1.807) is 7.11 Å². The number of furan rings is 1. The lowest BCUT2D eigenvalue weighted by Gasteiger charge is -2.25. The predicted molar refractivity (Wildman–Crippen MR) is 96.2 cm³/mol. The highest BCUT2D eigenvalue weighted by atomic mass is 16.5. The van der Waals surface area contributed by atoms with Gasteiger partial charge in [-0.15, -0.1) is 0 Å². The summed E-state index contributed by atoms with van der Waals surface area (Å²) in [6.07, 6.45) is 0. The molecule has 2 aromatic rings. The van der Waals surface area contributed by atoms with Crippen molar-refractivity contribution >= 4 is 11.0 Å².